The largest absolute Gasteiger partial charge is 0.383 e. The molecule has 7 nitrogen and oxygen atoms in total. The van der Waals surface area contributed by atoms with Crippen molar-refractivity contribution in [2.75, 3.05) is 12.4 Å². The van der Waals surface area contributed by atoms with Crippen LogP contribution >= 0.6 is 11.8 Å². The maximum absolute atomic E-state index is 11.1. The fraction of sp³-hybridized carbons (Fsp3) is 0.200. The molecule has 1 aromatic carbocycles. The standard InChI is InChI=1S/C10H11N5O2S/c1-11-7-4-3-5-8(9(7)15(16)17)18-10-12-6-13-14(10)2/h3-6,11H,1-2H3. The van der Waals surface area contributed by atoms with Gasteiger partial charge in [-0.2, -0.15) is 5.10 Å². The number of aryl methyl sites for hydroxylation is 1. The highest BCUT2D eigenvalue weighted by atomic mass is 32.2. The Balaban J connectivity index is 2.44. The molecule has 0 fully saturated rings. The van der Waals surface area contributed by atoms with Crippen LogP contribution < -0.4 is 5.32 Å². The summed E-state index contributed by atoms with van der Waals surface area (Å²) in [6, 6.07) is 5.12. The minimum Gasteiger partial charge on any atom is -0.383 e. The number of aromatic nitrogens is 3. The molecule has 1 aromatic heterocycles. The number of nitrogens with zero attached hydrogens (tertiary/aromatic N) is 4. The van der Waals surface area contributed by atoms with E-state index in [0.29, 0.717) is 15.7 Å². The summed E-state index contributed by atoms with van der Waals surface area (Å²) in [7, 11) is 3.39. The van der Waals surface area contributed by atoms with Crippen LogP contribution in [0.5, 0.6) is 0 Å². The fourth-order valence-corrected chi connectivity index (χ4v) is 2.37. The van der Waals surface area contributed by atoms with Gasteiger partial charge in [0.25, 0.3) is 0 Å². The molecule has 0 radical (unpaired) electrons. The van der Waals surface area contributed by atoms with E-state index in [1.54, 1.807) is 37.0 Å². The molecule has 0 aliphatic rings. The molecular formula is C10H11N5O2S. The van der Waals surface area contributed by atoms with Crippen LogP contribution in [0.15, 0.2) is 34.6 Å². The Morgan fingerprint density at radius 2 is 2.28 bits per heavy atom. The first kappa shape index (κ1) is 12.4. The lowest BCUT2D eigenvalue weighted by molar-refractivity contribution is -0.386. The highest BCUT2D eigenvalue weighted by Gasteiger charge is 2.20. The molecule has 8 heteroatoms. The van der Waals surface area contributed by atoms with Crippen molar-refractivity contribution < 1.29 is 4.92 Å². The van der Waals surface area contributed by atoms with Crippen LogP contribution in [-0.2, 0) is 7.05 Å². The van der Waals surface area contributed by atoms with Crippen LogP contribution in [0.25, 0.3) is 0 Å². The van der Waals surface area contributed by atoms with Crippen molar-refractivity contribution in [1.29, 1.82) is 0 Å². The van der Waals surface area contributed by atoms with Gasteiger partial charge in [-0.15, -0.1) is 0 Å². The van der Waals surface area contributed by atoms with E-state index >= 15 is 0 Å². The van der Waals surface area contributed by atoms with Crippen LogP contribution in [0.4, 0.5) is 11.4 Å². The lowest BCUT2D eigenvalue weighted by Crippen LogP contribution is -1.99. The number of anilines is 1. The van der Waals surface area contributed by atoms with Gasteiger partial charge in [0.1, 0.15) is 12.0 Å². The zero-order valence-electron chi connectivity index (χ0n) is 9.82. The molecule has 0 atom stereocenters. The number of nitrogens with one attached hydrogen (secondary N) is 1. The third-order valence-corrected chi connectivity index (χ3v) is 3.42. The minimum absolute atomic E-state index is 0.0491. The van der Waals surface area contributed by atoms with Crippen molar-refractivity contribution in [3.8, 4) is 0 Å². The van der Waals surface area contributed by atoms with Crippen molar-refractivity contribution in [3.63, 3.8) is 0 Å². The quantitative estimate of drug-likeness (QED) is 0.671. The predicted octanol–water partition coefficient (Wildman–Crippen LogP) is 1.92. The second-order valence-corrected chi connectivity index (χ2v) is 4.44. The van der Waals surface area contributed by atoms with Crippen LogP contribution in [0.1, 0.15) is 0 Å². The number of rotatable bonds is 4. The Hall–Kier alpha value is -2.09. The molecule has 0 saturated carbocycles. The first-order valence-corrected chi connectivity index (χ1v) is 5.92. The van der Waals surface area contributed by atoms with E-state index in [1.807, 2.05) is 0 Å². The summed E-state index contributed by atoms with van der Waals surface area (Å²) in [6.45, 7) is 0. The monoisotopic (exact) mass is 265 g/mol. The molecule has 0 unspecified atom stereocenters. The third kappa shape index (κ3) is 2.28. The average molecular weight is 265 g/mol. The van der Waals surface area contributed by atoms with Gasteiger partial charge in [-0.05, 0) is 23.9 Å². The van der Waals surface area contributed by atoms with Gasteiger partial charge in [0, 0.05) is 14.1 Å². The molecule has 2 aromatic rings. The van der Waals surface area contributed by atoms with E-state index in [2.05, 4.69) is 15.4 Å². The SMILES string of the molecule is CNc1cccc(Sc2ncnn2C)c1[N+](=O)[O-]. The molecular weight excluding hydrogens is 254 g/mol. The van der Waals surface area contributed by atoms with Gasteiger partial charge in [-0.25, -0.2) is 9.67 Å². The van der Waals surface area contributed by atoms with E-state index in [-0.39, 0.29) is 5.69 Å². The molecule has 1 heterocycles. The first-order chi connectivity index (χ1) is 8.63. The smallest absolute Gasteiger partial charge is 0.306 e. The first-order valence-electron chi connectivity index (χ1n) is 5.10. The Labute approximate surface area is 107 Å². The van der Waals surface area contributed by atoms with E-state index in [4.69, 9.17) is 0 Å². The molecule has 0 amide bonds. The summed E-state index contributed by atoms with van der Waals surface area (Å²) >= 11 is 1.21. The maximum Gasteiger partial charge on any atom is 0.306 e. The topological polar surface area (TPSA) is 85.9 Å². The molecule has 0 aliphatic heterocycles. The summed E-state index contributed by atoms with van der Waals surface area (Å²) < 4.78 is 1.57. The molecule has 18 heavy (non-hydrogen) atoms. The zero-order chi connectivity index (χ0) is 13.1. The second-order valence-electron chi connectivity index (χ2n) is 3.43. The number of nitro benzene ring substituents is 1. The summed E-state index contributed by atoms with van der Waals surface area (Å²) in [4.78, 5) is 15.3. The Bertz CT molecular complexity index is 583. The Morgan fingerprint density at radius 3 is 2.83 bits per heavy atom. The van der Waals surface area contributed by atoms with Crippen molar-refractivity contribution in [2.45, 2.75) is 10.1 Å². The second kappa shape index (κ2) is 5.05. The van der Waals surface area contributed by atoms with Gasteiger partial charge in [-0.3, -0.25) is 10.1 Å². The molecule has 0 aliphatic carbocycles. The van der Waals surface area contributed by atoms with Crippen molar-refractivity contribution in [1.82, 2.24) is 14.8 Å². The lowest BCUT2D eigenvalue weighted by Gasteiger charge is -2.06. The number of nitro groups is 1. The van der Waals surface area contributed by atoms with E-state index < -0.39 is 4.92 Å². The molecule has 1 N–H and O–H groups in total. The van der Waals surface area contributed by atoms with Crippen molar-refractivity contribution in [2.24, 2.45) is 7.05 Å². The normalized spacial score (nSPS) is 10.3. The molecule has 0 bridgehead atoms. The van der Waals surface area contributed by atoms with E-state index in [1.165, 1.54) is 18.1 Å². The van der Waals surface area contributed by atoms with Gasteiger partial charge in [0.2, 0.25) is 0 Å². The van der Waals surface area contributed by atoms with Gasteiger partial charge in [0.15, 0.2) is 5.16 Å². The number of hydrogen-bond acceptors (Lipinski definition) is 6. The Morgan fingerprint density at radius 1 is 1.50 bits per heavy atom. The minimum atomic E-state index is -0.398. The predicted molar refractivity (Wildman–Crippen MR) is 67.8 cm³/mol. The molecule has 0 saturated heterocycles. The maximum atomic E-state index is 11.1. The molecule has 0 spiro atoms. The fourth-order valence-electron chi connectivity index (χ4n) is 1.47. The van der Waals surface area contributed by atoms with Crippen LogP contribution in [0.2, 0.25) is 0 Å². The summed E-state index contributed by atoms with van der Waals surface area (Å²) in [6.07, 6.45) is 1.41. The van der Waals surface area contributed by atoms with Crippen molar-refractivity contribution >= 4 is 23.1 Å². The van der Waals surface area contributed by atoms with E-state index in [9.17, 15) is 10.1 Å². The summed E-state index contributed by atoms with van der Waals surface area (Å²) in [5.41, 5.74) is 0.528. The highest BCUT2D eigenvalue weighted by molar-refractivity contribution is 7.99. The Kier molecular flexibility index (Phi) is 3.47. The van der Waals surface area contributed by atoms with Crippen LogP contribution in [0, 0.1) is 10.1 Å². The number of benzene rings is 1. The highest BCUT2D eigenvalue weighted by Crippen LogP contribution is 2.37. The summed E-state index contributed by atoms with van der Waals surface area (Å²) in [5, 5.41) is 18.5. The van der Waals surface area contributed by atoms with Crippen molar-refractivity contribution in [3.05, 3.63) is 34.6 Å². The lowest BCUT2D eigenvalue weighted by atomic mass is 10.3. The van der Waals surface area contributed by atoms with Gasteiger partial charge < -0.3 is 5.32 Å². The van der Waals surface area contributed by atoms with Crippen LogP contribution in [0.3, 0.4) is 0 Å². The van der Waals surface area contributed by atoms with Gasteiger partial charge in [-0.1, -0.05) is 6.07 Å². The number of hydrogen-bond donors (Lipinski definition) is 1. The molecule has 94 valence electrons. The van der Waals surface area contributed by atoms with E-state index in [0.717, 1.165) is 0 Å². The van der Waals surface area contributed by atoms with Crippen LogP contribution in [-0.4, -0.2) is 26.7 Å². The summed E-state index contributed by atoms with van der Waals surface area (Å²) in [5.74, 6) is 0. The van der Waals surface area contributed by atoms with Gasteiger partial charge in [0.05, 0.1) is 9.82 Å². The average Bonchev–Trinajstić information content (AvgIpc) is 2.74. The number of para-hydroxylation sites is 1. The molecule has 2 rings (SSSR count). The van der Waals surface area contributed by atoms with Gasteiger partial charge >= 0.3 is 5.69 Å². The third-order valence-electron chi connectivity index (χ3n) is 2.32. The zero-order valence-corrected chi connectivity index (χ0v) is 10.6.